The van der Waals surface area contributed by atoms with Crippen molar-refractivity contribution in [2.45, 2.75) is 18.4 Å². The van der Waals surface area contributed by atoms with Crippen LogP contribution in [0.15, 0.2) is 30.5 Å². The summed E-state index contributed by atoms with van der Waals surface area (Å²) in [6.07, 6.45) is -4.05. The molecule has 1 aromatic carbocycles. The van der Waals surface area contributed by atoms with Crippen LogP contribution in [0.25, 0.3) is 0 Å². The number of alkyl halides is 3. The number of halogens is 6. The number of amides is 3. The number of carbonyl (C=O) groups excluding carboxylic acids is 2. The van der Waals surface area contributed by atoms with E-state index in [-0.39, 0.29) is 17.7 Å². The molecule has 1 saturated heterocycles. The number of nitrogens with one attached hydrogen (secondary N) is 1. The van der Waals surface area contributed by atoms with Crippen LogP contribution in [-0.2, 0) is 4.79 Å². The van der Waals surface area contributed by atoms with Crippen LogP contribution in [0.3, 0.4) is 0 Å². The van der Waals surface area contributed by atoms with Crippen LogP contribution in [0.2, 0.25) is 5.02 Å². The Morgan fingerprint density at radius 1 is 1.30 bits per heavy atom. The molecule has 2 heterocycles. The number of urea groups is 1. The van der Waals surface area contributed by atoms with E-state index in [9.17, 15) is 31.5 Å². The molecule has 0 saturated carbocycles. The maximum absolute atomic E-state index is 14.7. The Labute approximate surface area is 170 Å². The van der Waals surface area contributed by atoms with E-state index in [2.05, 4.69) is 15.0 Å². The normalized spacial score (nSPS) is 17.6. The Morgan fingerprint density at radius 3 is 2.53 bits per heavy atom. The van der Waals surface area contributed by atoms with Crippen molar-refractivity contribution in [3.63, 3.8) is 0 Å². The van der Waals surface area contributed by atoms with E-state index in [1.807, 2.05) is 0 Å². The Hall–Kier alpha value is -3.15. The molecule has 0 radical (unpaired) electrons. The second kappa shape index (κ2) is 7.94. The third-order valence-electron chi connectivity index (χ3n) is 4.25. The molecule has 1 aliphatic heterocycles. The summed E-state index contributed by atoms with van der Waals surface area (Å²) < 4.78 is 69.1. The number of benzene rings is 1. The highest BCUT2D eigenvalue weighted by molar-refractivity contribution is 6.31. The highest BCUT2D eigenvalue weighted by atomic mass is 35.5. The van der Waals surface area contributed by atoms with Gasteiger partial charge in [-0.3, -0.25) is 4.79 Å². The van der Waals surface area contributed by atoms with Crippen molar-refractivity contribution < 1.29 is 36.3 Å². The topological polar surface area (TPSA) is 97.6 Å². The van der Waals surface area contributed by atoms with Crippen molar-refractivity contribution in [1.82, 2.24) is 15.2 Å². The summed E-state index contributed by atoms with van der Waals surface area (Å²) in [5.74, 6) is -3.88. The van der Waals surface area contributed by atoms with E-state index >= 15 is 0 Å². The van der Waals surface area contributed by atoms with E-state index in [4.69, 9.17) is 17.3 Å². The van der Waals surface area contributed by atoms with Crippen LogP contribution in [0.1, 0.15) is 17.2 Å². The van der Waals surface area contributed by atoms with Gasteiger partial charge in [0.05, 0.1) is 12.6 Å². The number of ether oxygens (including phenoxy) is 1. The van der Waals surface area contributed by atoms with Gasteiger partial charge in [-0.15, -0.1) is 13.2 Å². The van der Waals surface area contributed by atoms with E-state index in [0.717, 1.165) is 35.4 Å². The van der Waals surface area contributed by atoms with Crippen molar-refractivity contribution in [2.24, 2.45) is 5.73 Å². The lowest BCUT2D eigenvalue weighted by molar-refractivity contribution is -0.276. The predicted octanol–water partition coefficient (Wildman–Crippen LogP) is 2.88. The number of hydrogen-bond acceptors (Lipinski definition) is 4. The lowest BCUT2D eigenvalue weighted by atomic mass is 9.97. The van der Waals surface area contributed by atoms with Crippen molar-refractivity contribution in [2.75, 3.05) is 6.54 Å². The highest BCUT2D eigenvalue weighted by Gasteiger charge is 2.39. The average molecular weight is 451 g/mol. The molecule has 7 nitrogen and oxygen atoms in total. The number of nitrogens with zero attached hydrogens (tertiary/aromatic N) is 2. The minimum absolute atomic E-state index is 0.0476. The molecule has 13 heteroatoms. The first kappa shape index (κ1) is 21.6. The molecule has 1 fully saturated rings. The van der Waals surface area contributed by atoms with Crippen LogP contribution < -0.4 is 15.8 Å². The number of carbonyl (C=O) groups is 2. The minimum atomic E-state index is -4.98. The van der Waals surface area contributed by atoms with Gasteiger partial charge in [-0.05, 0) is 17.7 Å². The Balaban J connectivity index is 2.06. The fourth-order valence-corrected chi connectivity index (χ4v) is 3.12. The summed E-state index contributed by atoms with van der Waals surface area (Å²) >= 11 is 5.63. The van der Waals surface area contributed by atoms with Gasteiger partial charge < -0.3 is 20.7 Å². The van der Waals surface area contributed by atoms with Gasteiger partial charge in [0, 0.05) is 17.8 Å². The summed E-state index contributed by atoms with van der Waals surface area (Å²) in [6, 6.07) is 0.645. The highest BCUT2D eigenvalue weighted by Crippen LogP contribution is 2.36. The standard InChI is InChI=1S/C17H12ClF5N4O3/c18-12-9(19)3-2-8(13(12)20)14(27-6-10(15(24)28)26-16(27)29)7-1-4-11(25-5-7)30-17(21,22)23/h1-5,10,14H,6H2,(H2,24,28)(H,26,29)/t10?,14-/m1/s1. The van der Waals surface area contributed by atoms with Crippen molar-refractivity contribution in [1.29, 1.82) is 0 Å². The predicted molar refractivity (Wildman–Crippen MR) is 92.4 cm³/mol. The summed E-state index contributed by atoms with van der Waals surface area (Å²) in [5.41, 5.74) is 4.97. The van der Waals surface area contributed by atoms with Gasteiger partial charge in [0.25, 0.3) is 0 Å². The lowest BCUT2D eigenvalue weighted by Gasteiger charge is -2.28. The number of aromatic nitrogens is 1. The summed E-state index contributed by atoms with van der Waals surface area (Å²) in [5, 5.41) is 1.46. The molecular weight excluding hydrogens is 439 g/mol. The smallest absolute Gasteiger partial charge is 0.388 e. The fourth-order valence-electron chi connectivity index (χ4n) is 2.95. The zero-order valence-electron chi connectivity index (χ0n) is 14.7. The summed E-state index contributed by atoms with van der Waals surface area (Å²) in [6.45, 7) is -0.284. The Kier molecular flexibility index (Phi) is 5.70. The first-order valence-electron chi connectivity index (χ1n) is 8.19. The quantitative estimate of drug-likeness (QED) is 0.540. The number of nitrogens with two attached hydrogens (primary N) is 1. The SMILES string of the molecule is NC(=O)C1CN([C@H](c2ccc(OC(F)(F)F)nc2)c2ccc(F)c(Cl)c2F)C(=O)N1. The van der Waals surface area contributed by atoms with Crippen molar-refractivity contribution >= 4 is 23.5 Å². The second-order valence-corrected chi connectivity index (χ2v) is 6.58. The summed E-state index contributed by atoms with van der Waals surface area (Å²) in [4.78, 5) is 28.3. The van der Waals surface area contributed by atoms with E-state index < -0.39 is 52.9 Å². The zero-order valence-corrected chi connectivity index (χ0v) is 15.5. The van der Waals surface area contributed by atoms with Crippen LogP contribution in [0, 0.1) is 11.6 Å². The molecule has 3 amide bonds. The number of rotatable bonds is 5. The molecule has 3 N–H and O–H groups in total. The van der Waals surface area contributed by atoms with Crippen molar-refractivity contribution in [3.05, 3.63) is 58.2 Å². The minimum Gasteiger partial charge on any atom is -0.388 e. The molecule has 160 valence electrons. The molecule has 1 unspecified atom stereocenters. The zero-order chi connectivity index (χ0) is 22.2. The molecule has 30 heavy (non-hydrogen) atoms. The maximum atomic E-state index is 14.7. The summed E-state index contributed by atoms with van der Waals surface area (Å²) in [7, 11) is 0. The molecule has 0 spiro atoms. The first-order valence-corrected chi connectivity index (χ1v) is 8.57. The van der Waals surface area contributed by atoms with Crippen LogP contribution in [0.4, 0.5) is 26.7 Å². The van der Waals surface area contributed by atoms with Gasteiger partial charge in [-0.25, -0.2) is 18.6 Å². The molecule has 3 rings (SSSR count). The van der Waals surface area contributed by atoms with Crippen LogP contribution in [-0.4, -0.2) is 40.8 Å². The Morgan fingerprint density at radius 2 is 2.00 bits per heavy atom. The second-order valence-electron chi connectivity index (χ2n) is 6.20. The van der Waals surface area contributed by atoms with Gasteiger partial charge in [0.1, 0.15) is 22.7 Å². The average Bonchev–Trinajstić information content (AvgIpc) is 3.04. The maximum Gasteiger partial charge on any atom is 0.574 e. The molecule has 0 bridgehead atoms. The fraction of sp³-hybridized carbons (Fsp3) is 0.235. The lowest BCUT2D eigenvalue weighted by Crippen LogP contribution is -2.39. The van der Waals surface area contributed by atoms with Gasteiger partial charge in [0.2, 0.25) is 11.8 Å². The third-order valence-corrected chi connectivity index (χ3v) is 4.59. The Bertz CT molecular complexity index is 987. The van der Waals surface area contributed by atoms with Gasteiger partial charge in [-0.1, -0.05) is 17.7 Å². The molecule has 1 aliphatic rings. The molecule has 0 aliphatic carbocycles. The molecule has 1 aromatic heterocycles. The number of pyridine rings is 1. The van der Waals surface area contributed by atoms with Gasteiger partial charge >= 0.3 is 12.4 Å². The van der Waals surface area contributed by atoms with E-state index in [1.54, 1.807) is 0 Å². The number of hydrogen-bond donors (Lipinski definition) is 2. The monoisotopic (exact) mass is 450 g/mol. The molecule has 2 atom stereocenters. The number of primary amides is 1. The first-order chi connectivity index (χ1) is 14.0. The third kappa shape index (κ3) is 4.37. The van der Waals surface area contributed by atoms with E-state index in [0.29, 0.717) is 0 Å². The van der Waals surface area contributed by atoms with E-state index in [1.165, 1.54) is 0 Å². The van der Waals surface area contributed by atoms with Crippen LogP contribution in [0.5, 0.6) is 5.88 Å². The van der Waals surface area contributed by atoms with Crippen molar-refractivity contribution in [3.8, 4) is 5.88 Å². The van der Waals surface area contributed by atoms with Gasteiger partial charge in [-0.2, -0.15) is 0 Å². The molecule has 2 aromatic rings. The van der Waals surface area contributed by atoms with Crippen LogP contribution >= 0.6 is 11.6 Å². The van der Waals surface area contributed by atoms with Gasteiger partial charge in [0.15, 0.2) is 0 Å². The molecular formula is C17H12ClF5N4O3. The largest absolute Gasteiger partial charge is 0.574 e.